The van der Waals surface area contributed by atoms with Gasteiger partial charge in [-0.15, -0.1) is 0 Å². The smallest absolute Gasteiger partial charge is 0.413 e. The van der Waals surface area contributed by atoms with Gasteiger partial charge >= 0.3 is 35.7 Å². The van der Waals surface area contributed by atoms with Crippen LogP contribution in [0.2, 0.25) is 39.3 Å². The van der Waals surface area contributed by atoms with Crippen molar-refractivity contribution in [3.8, 4) is 0 Å². The molecule has 0 amide bonds. The lowest BCUT2D eigenvalue weighted by molar-refractivity contribution is 0.262. The largest absolute Gasteiger partial charge is 0.416 e. The molecule has 1 heterocycles. The molecule has 1 aliphatic heterocycles. The summed E-state index contributed by atoms with van der Waals surface area (Å²) >= 11 is 0. The van der Waals surface area contributed by atoms with Crippen molar-refractivity contribution in [1.82, 2.24) is 0 Å². The molecule has 0 bridgehead atoms. The Hall–Kier alpha value is 0.708. The lowest BCUT2D eigenvalue weighted by Gasteiger charge is -2.40. The van der Waals surface area contributed by atoms with Gasteiger partial charge in [0.05, 0.1) is 0 Å². The summed E-state index contributed by atoms with van der Waals surface area (Å²) < 4.78 is 23.3. The average Bonchev–Trinajstić information content (AvgIpc) is 1.75. The summed E-state index contributed by atoms with van der Waals surface area (Å²) in [6.45, 7) is 12.2. The van der Waals surface area contributed by atoms with Gasteiger partial charge in [0.15, 0.2) is 0 Å². The maximum absolute atomic E-state index is 6.00. The highest BCUT2D eigenvalue weighted by atomic mass is 28.5. The average molecular weight is 267 g/mol. The van der Waals surface area contributed by atoms with Crippen molar-refractivity contribution in [2.75, 3.05) is 0 Å². The van der Waals surface area contributed by atoms with Gasteiger partial charge in [-0.2, -0.15) is 0 Å². The van der Waals surface area contributed by atoms with Crippen molar-refractivity contribution in [3.63, 3.8) is 0 Å². The third-order valence-corrected chi connectivity index (χ3v) is 14.0. The van der Waals surface area contributed by atoms with Gasteiger partial charge in [-0.1, -0.05) is 0 Å². The molecule has 1 saturated heterocycles. The lowest BCUT2D eigenvalue weighted by atomic mass is 11.9. The fourth-order valence-electron chi connectivity index (χ4n) is 1.47. The molecule has 82 valence electrons. The van der Waals surface area contributed by atoms with Gasteiger partial charge in [0.1, 0.15) is 0 Å². The van der Waals surface area contributed by atoms with Crippen molar-refractivity contribution >= 4 is 35.7 Å². The predicted molar refractivity (Wildman–Crippen MR) is 62.5 cm³/mol. The Balaban J connectivity index is 2.76. The molecule has 0 aromatic carbocycles. The van der Waals surface area contributed by atoms with Crippen LogP contribution in [0, 0.1) is 0 Å². The molecule has 0 aromatic rings. The third-order valence-electron chi connectivity index (χ3n) is 1.56. The van der Waals surface area contributed by atoms with E-state index < -0.39 is 25.7 Å². The first-order chi connectivity index (χ1) is 6.12. The lowest BCUT2D eigenvalue weighted by Crippen LogP contribution is -2.58. The number of hydrogen-bond acceptors (Lipinski definition) is 4. The van der Waals surface area contributed by atoms with E-state index in [-0.39, 0.29) is 10.0 Å². The van der Waals surface area contributed by atoms with Crippen LogP contribution < -0.4 is 0 Å². The Morgan fingerprint density at radius 2 is 1.00 bits per heavy atom. The minimum atomic E-state index is -2.07. The van der Waals surface area contributed by atoms with E-state index in [9.17, 15) is 0 Å². The molecule has 1 rings (SSSR count). The van der Waals surface area contributed by atoms with Crippen LogP contribution in [0.15, 0.2) is 0 Å². The molecule has 14 heavy (non-hydrogen) atoms. The highest BCUT2D eigenvalue weighted by molar-refractivity contribution is 6.87. The van der Waals surface area contributed by atoms with Gasteiger partial charge in [0.25, 0.3) is 0 Å². The number of hydrogen-bond donors (Lipinski definition) is 0. The van der Waals surface area contributed by atoms with E-state index in [2.05, 4.69) is 13.1 Å². The first kappa shape index (κ1) is 12.8. The molecule has 8 heteroatoms. The molecule has 4 nitrogen and oxygen atoms in total. The fourth-order valence-corrected chi connectivity index (χ4v) is 14.7. The molecule has 2 radical (unpaired) electrons. The molecular weight excluding hydrogens is 248 g/mol. The second-order valence-electron chi connectivity index (χ2n) is 4.69. The third kappa shape index (κ3) is 4.06. The molecule has 1 fully saturated rings. The first-order valence-corrected chi connectivity index (χ1v) is 13.9. The van der Waals surface area contributed by atoms with Crippen molar-refractivity contribution in [3.05, 3.63) is 0 Å². The monoisotopic (exact) mass is 266 g/mol. The standard InChI is InChI=1S/C6H18O4Si4/c1-12(2)7-11-8-13(3,4)10-14(5,6)9-12/h1-6H3. The van der Waals surface area contributed by atoms with Gasteiger partial charge < -0.3 is 16.5 Å². The van der Waals surface area contributed by atoms with Crippen molar-refractivity contribution in [2.24, 2.45) is 0 Å². The molecular formula is C6H18O4Si4. The molecule has 0 spiro atoms. The molecule has 0 aliphatic carbocycles. The molecule has 0 unspecified atom stereocenters. The zero-order valence-corrected chi connectivity index (χ0v) is 13.6. The number of rotatable bonds is 0. The molecule has 1 aliphatic rings. The highest BCUT2D eigenvalue weighted by Crippen LogP contribution is 2.23. The Kier molecular flexibility index (Phi) is 3.59. The van der Waals surface area contributed by atoms with Crippen LogP contribution in [0.5, 0.6) is 0 Å². The molecule has 0 atom stereocenters. The van der Waals surface area contributed by atoms with E-state index >= 15 is 0 Å². The van der Waals surface area contributed by atoms with E-state index in [1.807, 2.05) is 26.2 Å². The first-order valence-electron chi connectivity index (χ1n) is 4.63. The Morgan fingerprint density at radius 3 is 1.36 bits per heavy atom. The summed E-state index contributed by atoms with van der Waals surface area (Å²) in [6, 6.07) is 0. The van der Waals surface area contributed by atoms with Gasteiger partial charge in [0.2, 0.25) is 0 Å². The van der Waals surface area contributed by atoms with Gasteiger partial charge in [-0.3, -0.25) is 0 Å². The summed E-state index contributed by atoms with van der Waals surface area (Å²) in [7, 11) is -6.05. The predicted octanol–water partition coefficient (Wildman–Crippen LogP) is 1.71. The van der Waals surface area contributed by atoms with Crippen LogP contribution in [0.3, 0.4) is 0 Å². The summed E-state index contributed by atoms with van der Waals surface area (Å²) in [4.78, 5) is 0. The second kappa shape index (κ2) is 3.94. The second-order valence-corrected chi connectivity index (χ2v) is 16.5. The summed E-state index contributed by atoms with van der Waals surface area (Å²) in [5, 5.41) is 0. The summed E-state index contributed by atoms with van der Waals surface area (Å²) in [5.41, 5.74) is 0. The summed E-state index contributed by atoms with van der Waals surface area (Å²) in [5.74, 6) is 0. The zero-order chi connectivity index (χ0) is 11.0. The Morgan fingerprint density at radius 1 is 0.643 bits per heavy atom. The van der Waals surface area contributed by atoms with Gasteiger partial charge in [-0.05, 0) is 39.3 Å². The minimum Gasteiger partial charge on any atom is -0.416 e. The molecule has 0 saturated carbocycles. The van der Waals surface area contributed by atoms with E-state index in [4.69, 9.17) is 16.5 Å². The minimum absolute atomic E-state index is 0.0648. The summed E-state index contributed by atoms with van der Waals surface area (Å²) in [6.07, 6.45) is 0. The van der Waals surface area contributed by atoms with Crippen molar-refractivity contribution in [1.29, 1.82) is 0 Å². The Bertz CT molecular complexity index is 198. The van der Waals surface area contributed by atoms with Crippen molar-refractivity contribution < 1.29 is 16.5 Å². The normalized spacial score (nSPS) is 30.4. The van der Waals surface area contributed by atoms with E-state index in [1.165, 1.54) is 0 Å². The molecule has 0 aromatic heterocycles. The maximum Gasteiger partial charge on any atom is 0.413 e. The van der Waals surface area contributed by atoms with Crippen LogP contribution in [0.25, 0.3) is 0 Å². The van der Waals surface area contributed by atoms with Crippen LogP contribution >= 0.6 is 0 Å². The van der Waals surface area contributed by atoms with Crippen molar-refractivity contribution in [2.45, 2.75) is 39.3 Å². The van der Waals surface area contributed by atoms with Crippen LogP contribution in [-0.4, -0.2) is 35.7 Å². The van der Waals surface area contributed by atoms with Crippen LogP contribution in [-0.2, 0) is 16.5 Å². The van der Waals surface area contributed by atoms with E-state index in [0.717, 1.165) is 0 Å². The maximum atomic E-state index is 6.00. The Labute approximate surface area is 91.7 Å². The SMILES string of the molecule is C[Si]1(C)O[Si]O[Si](C)(C)O[Si](C)(C)O1. The van der Waals surface area contributed by atoms with Crippen LogP contribution in [0.1, 0.15) is 0 Å². The quantitative estimate of drug-likeness (QED) is 0.626. The van der Waals surface area contributed by atoms with E-state index in [1.54, 1.807) is 0 Å². The fraction of sp³-hybridized carbons (Fsp3) is 1.00. The zero-order valence-electron chi connectivity index (χ0n) is 9.63. The topological polar surface area (TPSA) is 36.9 Å². The highest BCUT2D eigenvalue weighted by Gasteiger charge is 2.44. The van der Waals surface area contributed by atoms with Gasteiger partial charge in [-0.25, -0.2) is 0 Å². The van der Waals surface area contributed by atoms with E-state index in [0.29, 0.717) is 0 Å². The van der Waals surface area contributed by atoms with Gasteiger partial charge in [0, 0.05) is 0 Å². The van der Waals surface area contributed by atoms with Crippen LogP contribution in [0.4, 0.5) is 0 Å². The molecule has 0 N–H and O–H groups in total.